The highest BCUT2D eigenvalue weighted by molar-refractivity contribution is 6.05. The third kappa shape index (κ3) is 4.29. The van der Waals surface area contributed by atoms with Crippen LogP contribution < -0.4 is 9.64 Å². The van der Waals surface area contributed by atoms with E-state index in [9.17, 15) is 4.79 Å². The highest BCUT2D eigenvalue weighted by Crippen LogP contribution is 2.49. The van der Waals surface area contributed by atoms with Crippen LogP contribution in [0.3, 0.4) is 0 Å². The molecule has 0 spiro atoms. The molecule has 2 aromatic carbocycles. The number of hydrogen-bond donors (Lipinski definition) is 0. The second-order valence-corrected chi connectivity index (χ2v) is 10.6. The molecule has 1 fully saturated rings. The zero-order valence-electron chi connectivity index (χ0n) is 21.4. The maximum Gasteiger partial charge on any atom is 0.269 e. The van der Waals surface area contributed by atoms with E-state index in [1.807, 2.05) is 36.4 Å². The van der Waals surface area contributed by atoms with E-state index in [4.69, 9.17) is 9.72 Å². The highest BCUT2D eigenvalue weighted by atomic mass is 16.5. The number of nitrogens with zero attached hydrogens (tertiary/aromatic N) is 3. The Morgan fingerprint density at radius 3 is 2.41 bits per heavy atom. The fourth-order valence-corrected chi connectivity index (χ4v) is 5.89. The quantitative estimate of drug-likeness (QED) is 0.284. The molecule has 0 bridgehead atoms. The van der Waals surface area contributed by atoms with Gasteiger partial charge in [-0.2, -0.15) is 0 Å². The van der Waals surface area contributed by atoms with E-state index in [0.717, 1.165) is 22.4 Å². The molecule has 0 N–H and O–H groups in total. The first-order valence-electron chi connectivity index (χ1n) is 13.1. The smallest absolute Gasteiger partial charge is 0.269 e. The summed E-state index contributed by atoms with van der Waals surface area (Å²) in [6.07, 6.45) is 8.46. The zero-order chi connectivity index (χ0) is 25.4. The van der Waals surface area contributed by atoms with Crippen molar-refractivity contribution in [1.82, 2.24) is 9.97 Å². The zero-order valence-corrected chi connectivity index (χ0v) is 21.4. The monoisotopic (exact) mass is 489 g/mol. The number of rotatable bonds is 6. The van der Waals surface area contributed by atoms with Crippen LogP contribution in [0.5, 0.6) is 5.88 Å². The van der Waals surface area contributed by atoms with Gasteiger partial charge in [-0.05, 0) is 59.9 Å². The average molecular weight is 490 g/mol. The lowest BCUT2D eigenvalue weighted by molar-refractivity contribution is -0.120. The van der Waals surface area contributed by atoms with Crippen LogP contribution in [0.4, 0.5) is 11.4 Å². The Morgan fingerprint density at radius 2 is 1.76 bits per heavy atom. The summed E-state index contributed by atoms with van der Waals surface area (Å²) in [6, 6.07) is 24.9. The first kappa shape index (κ1) is 23.4. The number of carbonyl (C=O) groups excluding carboxylic acids is 1. The topological polar surface area (TPSA) is 55.3 Å². The van der Waals surface area contributed by atoms with E-state index in [2.05, 4.69) is 55.2 Å². The first-order valence-corrected chi connectivity index (χ1v) is 13.1. The molecule has 6 rings (SSSR count). The summed E-state index contributed by atoms with van der Waals surface area (Å²) in [6.45, 7) is 4.57. The van der Waals surface area contributed by atoms with Gasteiger partial charge < -0.3 is 4.74 Å². The van der Waals surface area contributed by atoms with Crippen LogP contribution in [-0.2, 0) is 10.2 Å². The molecule has 1 saturated carbocycles. The number of anilines is 2. The van der Waals surface area contributed by atoms with Gasteiger partial charge in [0.25, 0.3) is 5.91 Å². The number of carbonyl (C=O) groups is 1. The Kier molecular flexibility index (Phi) is 5.99. The average Bonchev–Trinajstić information content (AvgIpc) is 2.91. The molecule has 1 aliphatic carbocycles. The SMILES string of the molecule is CC(C)CC1(c2ccc(-c3nc4c(cc3-c3ccccc3)N(c3cccnc3)C(=O)CO4)cc2)CCC1. The van der Waals surface area contributed by atoms with Crippen LogP contribution in [0.1, 0.15) is 45.1 Å². The number of hydrogen-bond acceptors (Lipinski definition) is 4. The molecule has 0 radical (unpaired) electrons. The standard InChI is InChI=1S/C32H31N3O2/c1-22(2)19-32(15-7-16-32)25-13-11-24(12-14-25)30-27(23-8-4-3-5-9-23)18-28-31(34-30)37-21-29(36)35(28)26-10-6-17-33-20-26/h3-6,8-14,17-18,20,22H,7,15-16,19,21H2,1-2H3. The number of fused-ring (bicyclic) bond motifs is 1. The Bertz CT molecular complexity index is 1410. The van der Waals surface area contributed by atoms with Crippen LogP contribution in [0.2, 0.25) is 0 Å². The van der Waals surface area contributed by atoms with Gasteiger partial charge in [-0.15, -0.1) is 0 Å². The van der Waals surface area contributed by atoms with E-state index in [1.165, 1.54) is 31.2 Å². The summed E-state index contributed by atoms with van der Waals surface area (Å²) in [5.74, 6) is 0.987. The molecule has 5 heteroatoms. The molecular formula is C32H31N3O2. The van der Waals surface area contributed by atoms with Crippen LogP contribution in [0.15, 0.2) is 85.2 Å². The van der Waals surface area contributed by atoms with Crippen LogP contribution in [0.25, 0.3) is 22.4 Å². The van der Waals surface area contributed by atoms with Gasteiger partial charge in [0.15, 0.2) is 6.61 Å². The van der Waals surface area contributed by atoms with Crippen molar-refractivity contribution >= 4 is 17.3 Å². The predicted molar refractivity (Wildman–Crippen MR) is 147 cm³/mol. The van der Waals surface area contributed by atoms with Crippen molar-refractivity contribution in [2.45, 2.75) is 44.9 Å². The molecule has 186 valence electrons. The second-order valence-electron chi connectivity index (χ2n) is 10.6. The van der Waals surface area contributed by atoms with Crippen molar-refractivity contribution in [3.63, 3.8) is 0 Å². The van der Waals surface area contributed by atoms with Crippen LogP contribution >= 0.6 is 0 Å². The Labute approximate surface area is 218 Å². The molecule has 5 nitrogen and oxygen atoms in total. The minimum absolute atomic E-state index is 0.0598. The summed E-state index contributed by atoms with van der Waals surface area (Å²) in [7, 11) is 0. The number of benzene rings is 2. The highest BCUT2D eigenvalue weighted by Gasteiger charge is 2.39. The van der Waals surface area contributed by atoms with Crippen molar-refractivity contribution in [3.05, 3.63) is 90.8 Å². The number of amides is 1. The third-order valence-corrected chi connectivity index (χ3v) is 7.66. The van der Waals surface area contributed by atoms with Crippen LogP contribution in [-0.4, -0.2) is 22.5 Å². The fraction of sp³-hybridized carbons (Fsp3) is 0.281. The maximum atomic E-state index is 12.9. The van der Waals surface area contributed by atoms with E-state index in [0.29, 0.717) is 28.6 Å². The van der Waals surface area contributed by atoms with Crippen molar-refractivity contribution < 1.29 is 9.53 Å². The summed E-state index contributed by atoms with van der Waals surface area (Å²) >= 11 is 0. The van der Waals surface area contributed by atoms with E-state index >= 15 is 0 Å². The largest absolute Gasteiger partial charge is 0.466 e. The molecule has 37 heavy (non-hydrogen) atoms. The van der Waals surface area contributed by atoms with Gasteiger partial charge in [0, 0.05) is 17.3 Å². The van der Waals surface area contributed by atoms with Crippen molar-refractivity contribution in [3.8, 4) is 28.3 Å². The summed E-state index contributed by atoms with van der Waals surface area (Å²) in [5.41, 5.74) is 6.96. The van der Waals surface area contributed by atoms with Gasteiger partial charge in [0.1, 0.15) is 5.69 Å². The predicted octanol–water partition coefficient (Wildman–Crippen LogP) is 7.34. The molecule has 4 aromatic rings. The number of ether oxygens (including phenoxy) is 1. The molecule has 0 atom stereocenters. The molecular weight excluding hydrogens is 458 g/mol. The van der Waals surface area contributed by atoms with Gasteiger partial charge in [-0.1, -0.05) is 74.9 Å². The molecule has 1 amide bonds. The van der Waals surface area contributed by atoms with Gasteiger partial charge in [0.05, 0.1) is 17.6 Å². The van der Waals surface area contributed by atoms with E-state index < -0.39 is 0 Å². The van der Waals surface area contributed by atoms with E-state index in [-0.39, 0.29) is 12.5 Å². The first-order chi connectivity index (χ1) is 18.0. The van der Waals surface area contributed by atoms with Gasteiger partial charge in [-0.3, -0.25) is 14.7 Å². The number of pyridine rings is 2. The maximum absolute atomic E-state index is 12.9. The second kappa shape index (κ2) is 9.47. The minimum Gasteiger partial charge on any atom is -0.466 e. The molecule has 3 heterocycles. The molecule has 2 aromatic heterocycles. The van der Waals surface area contributed by atoms with Gasteiger partial charge in [-0.25, -0.2) is 4.98 Å². The summed E-state index contributed by atoms with van der Waals surface area (Å²) < 4.78 is 5.87. The van der Waals surface area contributed by atoms with E-state index in [1.54, 1.807) is 17.3 Å². The lowest BCUT2D eigenvalue weighted by Gasteiger charge is -2.44. The number of aromatic nitrogens is 2. The van der Waals surface area contributed by atoms with Crippen molar-refractivity contribution in [2.75, 3.05) is 11.5 Å². The molecule has 2 aliphatic rings. The molecule has 0 unspecified atom stereocenters. The Morgan fingerprint density at radius 1 is 0.973 bits per heavy atom. The minimum atomic E-state index is -0.144. The lowest BCUT2D eigenvalue weighted by Crippen LogP contribution is -2.35. The van der Waals surface area contributed by atoms with Crippen molar-refractivity contribution in [2.24, 2.45) is 5.92 Å². The van der Waals surface area contributed by atoms with Gasteiger partial charge >= 0.3 is 0 Å². The Balaban J connectivity index is 1.47. The van der Waals surface area contributed by atoms with Crippen LogP contribution in [0, 0.1) is 5.92 Å². The molecule has 0 saturated heterocycles. The summed E-state index contributed by atoms with van der Waals surface area (Å²) in [4.78, 5) is 23.8. The van der Waals surface area contributed by atoms with Gasteiger partial charge in [0.2, 0.25) is 5.88 Å². The van der Waals surface area contributed by atoms with Crippen molar-refractivity contribution in [1.29, 1.82) is 0 Å². The summed E-state index contributed by atoms with van der Waals surface area (Å²) in [5, 5.41) is 0. The lowest BCUT2D eigenvalue weighted by atomic mass is 9.61. The molecule has 1 aliphatic heterocycles. The Hall–Kier alpha value is -3.99. The fourth-order valence-electron chi connectivity index (χ4n) is 5.89. The normalized spacial score (nSPS) is 16.2. The third-order valence-electron chi connectivity index (χ3n) is 7.66.